The minimum absolute atomic E-state index is 0.0648. The van der Waals surface area contributed by atoms with Crippen LogP contribution in [0.15, 0.2) is 24.3 Å². The van der Waals surface area contributed by atoms with Gasteiger partial charge in [0.25, 0.3) is 0 Å². The van der Waals surface area contributed by atoms with E-state index in [0.717, 1.165) is 5.69 Å². The fourth-order valence-electron chi connectivity index (χ4n) is 1.63. The minimum Gasteiger partial charge on any atom is -0.481 e. The van der Waals surface area contributed by atoms with E-state index in [0.29, 0.717) is 12.3 Å². The van der Waals surface area contributed by atoms with Crippen molar-refractivity contribution in [1.29, 1.82) is 0 Å². The number of amides is 1. The number of rotatable bonds is 7. The van der Waals surface area contributed by atoms with E-state index in [4.69, 9.17) is 9.84 Å². The molecule has 1 aromatic rings. The second kappa shape index (κ2) is 7.49. The normalized spacial score (nSPS) is 13.3. The van der Waals surface area contributed by atoms with E-state index < -0.39 is 17.8 Å². The summed E-state index contributed by atoms with van der Waals surface area (Å²) in [4.78, 5) is 22.6. The van der Waals surface area contributed by atoms with Crippen LogP contribution in [0.25, 0.3) is 0 Å². The summed E-state index contributed by atoms with van der Waals surface area (Å²) in [6, 6.07) is 7.20. The van der Waals surface area contributed by atoms with E-state index in [-0.39, 0.29) is 6.04 Å². The van der Waals surface area contributed by atoms with Crippen molar-refractivity contribution in [2.24, 2.45) is 5.92 Å². The van der Waals surface area contributed by atoms with Crippen LogP contribution in [0.3, 0.4) is 0 Å². The van der Waals surface area contributed by atoms with Crippen LogP contribution in [0.2, 0.25) is 0 Å². The van der Waals surface area contributed by atoms with Gasteiger partial charge in [-0.1, -0.05) is 12.1 Å². The number of hydrogen-bond acceptors (Lipinski definition) is 4. The van der Waals surface area contributed by atoms with E-state index in [1.807, 2.05) is 19.1 Å². The van der Waals surface area contributed by atoms with Crippen LogP contribution < -0.4 is 10.6 Å². The van der Waals surface area contributed by atoms with E-state index in [1.54, 1.807) is 19.2 Å². The molecule has 0 spiro atoms. The standard InChI is InChI=1S/C14H20N2O4/c1-9(8-20-3)15-11-6-4-5-7-12(11)16-13(17)10(2)14(18)19/h4-7,9-10,15H,8H2,1-3H3,(H,16,17)(H,18,19). The lowest BCUT2D eigenvalue weighted by molar-refractivity contribution is -0.144. The molecule has 0 aliphatic rings. The number of carbonyl (C=O) groups excluding carboxylic acids is 1. The van der Waals surface area contributed by atoms with Crippen molar-refractivity contribution in [3.8, 4) is 0 Å². The molecule has 0 saturated carbocycles. The zero-order valence-corrected chi connectivity index (χ0v) is 11.8. The summed E-state index contributed by atoms with van der Waals surface area (Å²) in [6.07, 6.45) is 0. The van der Waals surface area contributed by atoms with Crippen molar-refractivity contribution in [2.75, 3.05) is 24.4 Å². The third-order valence-corrected chi connectivity index (χ3v) is 2.77. The maximum atomic E-state index is 11.8. The van der Waals surface area contributed by atoms with E-state index in [2.05, 4.69) is 10.6 Å². The summed E-state index contributed by atoms with van der Waals surface area (Å²) in [6.45, 7) is 3.82. The van der Waals surface area contributed by atoms with Gasteiger partial charge in [0, 0.05) is 13.2 Å². The fraction of sp³-hybridized carbons (Fsp3) is 0.429. The van der Waals surface area contributed by atoms with Crippen molar-refractivity contribution in [3.05, 3.63) is 24.3 Å². The zero-order chi connectivity index (χ0) is 15.1. The molecule has 3 N–H and O–H groups in total. The molecule has 2 unspecified atom stereocenters. The first-order chi connectivity index (χ1) is 9.45. The molecule has 20 heavy (non-hydrogen) atoms. The Balaban J connectivity index is 2.80. The first kappa shape index (κ1) is 16.0. The third kappa shape index (κ3) is 4.55. The van der Waals surface area contributed by atoms with Gasteiger partial charge in [-0.25, -0.2) is 0 Å². The molecule has 110 valence electrons. The zero-order valence-electron chi connectivity index (χ0n) is 11.8. The SMILES string of the molecule is COCC(C)Nc1ccccc1NC(=O)C(C)C(=O)O. The van der Waals surface area contributed by atoms with Gasteiger partial charge in [0.15, 0.2) is 0 Å². The van der Waals surface area contributed by atoms with Crippen molar-refractivity contribution < 1.29 is 19.4 Å². The number of methoxy groups -OCH3 is 1. The summed E-state index contributed by atoms with van der Waals surface area (Å²) < 4.78 is 5.04. The Bertz CT molecular complexity index is 476. The summed E-state index contributed by atoms with van der Waals surface area (Å²) in [5.41, 5.74) is 1.27. The molecule has 1 rings (SSSR count). The predicted molar refractivity (Wildman–Crippen MR) is 76.8 cm³/mol. The van der Waals surface area contributed by atoms with Gasteiger partial charge in [0.05, 0.1) is 18.0 Å². The maximum Gasteiger partial charge on any atom is 0.315 e. The van der Waals surface area contributed by atoms with Crippen LogP contribution in [-0.4, -0.2) is 36.7 Å². The highest BCUT2D eigenvalue weighted by Gasteiger charge is 2.21. The molecular formula is C14H20N2O4. The van der Waals surface area contributed by atoms with Crippen molar-refractivity contribution >= 4 is 23.3 Å². The Kier molecular flexibility index (Phi) is 5.99. The lowest BCUT2D eigenvalue weighted by Crippen LogP contribution is -2.28. The van der Waals surface area contributed by atoms with Crippen LogP contribution in [0, 0.1) is 5.92 Å². The average Bonchev–Trinajstić information content (AvgIpc) is 2.40. The van der Waals surface area contributed by atoms with Crippen molar-refractivity contribution in [3.63, 3.8) is 0 Å². The summed E-state index contributed by atoms with van der Waals surface area (Å²) in [5, 5.41) is 14.6. The number of carbonyl (C=O) groups is 2. The van der Waals surface area contributed by atoms with Gasteiger partial charge in [0.1, 0.15) is 5.92 Å². The Hall–Kier alpha value is -2.08. The topological polar surface area (TPSA) is 87.7 Å². The highest BCUT2D eigenvalue weighted by Crippen LogP contribution is 2.22. The Labute approximate surface area is 118 Å². The number of anilines is 2. The molecule has 0 aliphatic heterocycles. The molecule has 6 nitrogen and oxygen atoms in total. The molecule has 1 aromatic carbocycles. The second-order valence-corrected chi connectivity index (χ2v) is 4.60. The van der Waals surface area contributed by atoms with E-state index in [1.165, 1.54) is 6.92 Å². The predicted octanol–water partition coefficient (Wildman–Crippen LogP) is 1.79. The van der Waals surface area contributed by atoms with Gasteiger partial charge >= 0.3 is 5.97 Å². The Morgan fingerprint density at radius 2 is 1.85 bits per heavy atom. The van der Waals surface area contributed by atoms with Crippen LogP contribution >= 0.6 is 0 Å². The number of para-hydroxylation sites is 2. The number of hydrogen-bond donors (Lipinski definition) is 3. The van der Waals surface area contributed by atoms with Crippen LogP contribution in [0.1, 0.15) is 13.8 Å². The van der Waals surface area contributed by atoms with Gasteiger partial charge in [0.2, 0.25) is 5.91 Å². The monoisotopic (exact) mass is 280 g/mol. The third-order valence-electron chi connectivity index (χ3n) is 2.77. The molecule has 0 aliphatic carbocycles. The fourth-order valence-corrected chi connectivity index (χ4v) is 1.63. The number of carboxylic acids is 1. The molecule has 1 amide bonds. The first-order valence-electron chi connectivity index (χ1n) is 6.34. The van der Waals surface area contributed by atoms with Gasteiger partial charge < -0.3 is 20.5 Å². The number of aliphatic carboxylic acids is 1. The molecule has 0 heterocycles. The average molecular weight is 280 g/mol. The van der Waals surface area contributed by atoms with Crippen LogP contribution in [-0.2, 0) is 14.3 Å². The minimum atomic E-state index is -1.15. The van der Waals surface area contributed by atoms with Crippen LogP contribution in [0.5, 0.6) is 0 Å². The smallest absolute Gasteiger partial charge is 0.315 e. The van der Waals surface area contributed by atoms with E-state index in [9.17, 15) is 9.59 Å². The highest BCUT2D eigenvalue weighted by atomic mass is 16.5. The lowest BCUT2D eigenvalue weighted by Gasteiger charge is -2.18. The molecule has 0 radical (unpaired) electrons. The van der Waals surface area contributed by atoms with E-state index >= 15 is 0 Å². The molecular weight excluding hydrogens is 260 g/mol. The second-order valence-electron chi connectivity index (χ2n) is 4.60. The lowest BCUT2D eigenvalue weighted by atomic mass is 10.1. The number of nitrogens with one attached hydrogen (secondary N) is 2. The molecule has 0 fully saturated rings. The molecule has 2 atom stereocenters. The maximum absolute atomic E-state index is 11.8. The molecule has 0 saturated heterocycles. The Morgan fingerprint density at radius 1 is 1.25 bits per heavy atom. The molecule has 0 aromatic heterocycles. The van der Waals surface area contributed by atoms with Gasteiger partial charge in [-0.15, -0.1) is 0 Å². The Morgan fingerprint density at radius 3 is 2.40 bits per heavy atom. The quantitative estimate of drug-likeness (QED) is 0.663. The number of ether oxygens (including phenoxy) is 1. The van der Waals surface area contributed by atoms with Gasteiger partial charge in [-0.3, -0.25) is 9.59 Å². The first-order valence-corrected chi connectivity index (χ1v) is 6.34. The van der Waals surface area contributed by atoms with Gasteiger partial charge in [-0.05, 0) is 26.0 Å². The van der Waals surface area contributed by atoms with Crippen molar-refractivity contribution in [2.45, 2.75) is 19.9 Å². The summed E-state index contributed by atoms with van der Waals surface area (Å²) in [5.74, 6) is -2.80. The van der Waals surface area contributed by atoms with Crippen LogP contribution in [0.4, 0.5) is 11.4 Å². The summed E-state index contributed by atoms with van der Waals surface area (Å²) >= 11 is 0. The van der Waals surface area contributed by atoms with Crippen molar-refractivity contribution in [1.82, 2.24) is 0 Å². The number of carboxylic acid groups (broad SMARTS) is 1. The highest BCUT2D eigenvalue weighted by molar-refractivity contribution is 6.05. The molecule has 0 bridgehead atoms. The number of benzene rings is 1. The molecule has 6 heteroatoms. The van der Waals surface area contributed by atoms with Gasteiger partial charge in [-0.2, -0.15) is 0 Å². The summed E-state index contributed by atoms with van der Waals surface area (Å²) in [7, 11) is 1.61. The largest absolute Gasteiger partial charge is 0.481 e.